The predicted molar refractivity (Wildman–Crippen MR) is 79.5 cm³/mol. The van der Waals surface area contributed by atoms with Gasteiger partial charge < -0.3 is 4.98 Å². The van der Waals surface area contributed by atoms with Crippen molar-refractivity contribution in [1.82, 2.24) is 9.71 Å². The van der Waals surface area contributed by atoms with Gasteiger partial charge in [-0.2, -0.15) is 0 Å². The molecule has 0 fully saturated rings. The highest BCUT2D eigenvalue weighted by atomic mass is 32.2. The molecule has 3 heterocycles. The minimum atomic E-state index is 0.0546. The number of fused-ring (bicyclic) bond motifs is 3. The highest BCUT2D eigenvalue weighted by molar-refractivity contribution is 8.12. The van der Waals surface area contributed by atoms with Crippen LogP contribution in [0.2, 0.25) is 0 Å². The van der Waals surface area contributed by atoms with Gasteiger partial charge in [-0.25, -0.2) is 4.72 Å². The van der Waals surface area contributed by atoms with Crippen LogP contribution < -0.4 is 4.72 Å². The molecular formula is C14H10N2OS2. The minimum absolute atomic E-state index is 0.0546. The van der Waals surface area contributed by atoms with Crippen LogP contribution >= 0.6 is 23.3 Å². The van der Waals surface area contributed by atoms with Crippen molar-refractivity contribution in [2.75, 3.05) is 0 Å². The molecule has 3 nitrogen and oxygen atoms in total. The maximum absolute atomic E-state index is 12.0. The summed E-state index contributed by atoms with van der Waals surface area (Å²) in [5.74, 6) is 0. The van der Waals surface area contributed by atoms with Crippen LogP contribution in [0.3, 0.4) is 0 Å². The van der Waals surface area contributed by atoms with Gasteiger partial charge in [-0.15, -0.1) is 11.3 Å². The molecule has 0 radical (unpaired) electrons. The second-order valence-electron chi connectivity index (χ2n) is 4.42. The molecule has 1 atom stereocenters. The normalized spacial score (nSPS) is 18.7. The van der Waals surface area contributed by atoms with Crippen LogP contribution in [0.25, 0.3) is 10.9 Å². The highest BCUT2D eigenvalue weighted by Crippen LogP contribution is 2.39. The Balaban J connectivity index is 2.01. The zero-order valence-electron chi connectivity index (χ0n) is 9.84. The Kier molecular flexibility index (Phi) is 2.51. The van der Waals surface area contributed by atoms with Gasteiger partial charge in [0, 0.05) is 33.3 Å². The van der Waals surface area contributed by atoms with Crippen LogP contribution in [0.15, 0.2) is 41.8 Å². The fourth-order valence-corrected chi connectivity index (χ4v) is 4.09. The van der Waals surface area contributed by atoms with Gasteiger partial charge in [0.1, 0.15) is 5.69 Å². The summed E-state index contributed by atoms with van der Waals surface area (Å²) in [6.07, 6.45) is 0. The topological polar surface area (TPSA) is 44.9 Å². The van der Waals surface area contributed by atoms with E-state index in [1.165, 1.54) is 16.8 Å². The van der Waals surface area contributed by atoms with E-state index in [2.05, 4.69) is 27.2 Å². The average molecular weight is 286 g/mol. The Bertz CT molecular complexity index is 761. The van der Waals surface area contributed by atoms with E-state index in [9.17, 15) is 4.79 Å². The number of hydrogen-bond acceptors (Lipinski definition) is 4. The van der Waals surface area contributed by atoms with E-state index in [4.69, 9.17) is 0 Å². The second kappa shape index (κ2) is 4.23. The number of aromatic amines is 1. The van der Waals surface area contributed by atoms with Gasteiger partial charge in [-0.1, -0.05) is 24.3 Å². The number of para-hydroxylation sites is 1. The van der Waals surface area contributed by atoms with E-state index >= 15 is 0 Å². The molecule has 3 aromatic rings. The number of thiophene rings is 1. The van der Waals surface area contributed by atoms with Crippen LogP contribution in [-0.4, -0.2) is 10.1 Å². The second-order valence-corrected chi connectivity index (χ2v) is 6.20. The Labute approximate surface area is 118 Å². The van der Waals surface area contributed by atoms with Gasteiger partial charge in [0.2, 0.25) is 0 Å². The smallest absolute Gasteiger partial charge is 0.250 e. The van der Waals surface area contributed by atoms with E-state index in [0.29, 0.717) is 0 Å². The monoisotopic (exact) mass is 286 g/mol. The summed E-state index contributed by atoms with van der Waals surface area (Å²) in [7, 11) is 0. The molecular weight excluding hydrogens is 276 g/mol. The molecule has 0 bridgehead atoms. The van der Waals surface area contributed by atoms with Crippen molar-refractivity contribution in [3.63, 3.8) is 0 Å². The molecule has 0 saturated carbocycles. The lowest BCUT2D eigenvalue weighted by Gasteiger charge is -2.21. The van der Waals surface area contributed by atoms with E-state index in [-0.39, 0.29) is 11.2 Å². The molecule has 0 amide bonds. The Morgan fingerprint density at radius 2 is 2.00 bits per heavy atom. The van der Waals surface area contributed by atoms with Crippen LogP contribution in [0, 0.1) is 0 Å². The first-order valence-electron chi connectivity index (χ1n) is 5.95. The third-order valence-corrected chi connectivity index (χ3v) is 5.02. The van der Waals surface area contributed by atoms with E-state index in [1.807, 2.05) is 24.3 Å². The van der Waals surface area contributed by atoms with Crippen molar-refractivity contribution < 1.29 is 4.79 Å². The van der Waals surface area contributed by atoms with Gasteiger partial charge in [0.05, 0.1) is 6.04 Å². The molecule has 0 spiro atoms. The van der Waals surface area contributed by atoms with Gasteiger partial charge in [0.25, 0.3) is 5.12 Å². The number of H-pyrrole nitrogens is 1. The SMILES string of the molecule is O=C1SNC(c2cccs2)c2c1[nH]c1ccccc21. The first kappa shape index (κ1) is 11.3. The van der Waals surface area contributed by atoms with Gasteiger partial charge in [0.15, 0.2) is 0 Å². The average Bonchev–Trinajstić information content (AvgIpc) is 3.06. The molecule has 5 heteroatoms. The van der Waals surface area contributed by atoms with Crippen LogP contribution in [-0.2, 0) is 0 Å². The molecule has 94 valence electrons. The van der Waals surface area contributed by atoms with Gasteiger partial charge in [-0.05, 0) is 17.5 Å². The summed E-state index contributed by atoms with van der Waals surface area (Å²) in [5, 5.41) is 3.24. The van der Waals surface area contributed by atoms with Gasteiger partial charge >= 0.3 is 0 Å². The summed E-state index contributed by atoms with van der Waals surface area (Å²) in [5.41, 5.74) is 2.82. The van der Waals surface area contributed by atoms with Crippen molar-refractivity contribution in [3.8, 4) is 0 Å². The molecule has 1 aromatic carbocycles. The van der Waals surface area contributed by atoms with Crippen LogP contribution in [0.5, 0.6) is 0 Å². The Hall–Kier alpha value is -1.56. The lowest BCUT2D eigenvalue weighted by Crippen LogP contribution is -2.24. The fourth-order valence-electron chi connectivity index (χ4n) is 2.50. The number of nitrogens with one attached hydrogen (secondary N) is 2. The maximum Gasteiger partial charge on any atom is 0.250 e. The Morgan fingerprint density at radius 1 is 1.11 bits per heavy atom. The summed E-state index contributed by atoms with van der Waals surface area (Å²) in [6.45, 7) is 0. The third-order valence-electron chi connectivity index (χ3n) is 3.34. The Morgan fingerprint density at radius 3 is 2.84 bits per heavy atom. The molecule has 4 rings (SSSR count). The van der Waals surface area contributed by atoms with Crippen LogP contribution in [0.1, 0.15) is 27.0 Å². The molecule has 1 aliphatic heterocycles. The minimum Gasteiger partial charge on any atom is -0.351 e. The quantitative estimate of drug-likeness (QED) is 0.670. The lowest BCUT2D eigenvalue weighted by molar-refractivity contribution is 0.108. The zero-order valence-corrected chi connectivity index (χ0v) is 11.5. The summed E-state index contributed by atoms with van der Waals surface area (Å²) in [6, 6.07) is 12.3. The van der Waals surface area contributed by atoms with Crippen molar-refractivity contribution in [2.24, 2.45) is 0 Å². The number of aromatic nitrogens is 1. The molecule has 19 heavy (non-hydrogen) atoms. The fraction of sp³-hybridized carbons (Fsp3) is 0.0714. The number of carbonyl (C=O) groups excluding carboxylic acids is 1. The number of benzene rings is 1. The van der Waals surface area contributed by atoms with E-state index in [1.54, 1.807) is 11.3 Å². The third kappa shape index (κ3) is 1.66. The lowest BCUT2D eigenvalue weighted by atomic mass is 10.0. The van der Waals surface area contributed by atoms with Gasteiger partial charge in [-0.3, -0.25) is 4.79 Å². The van der Waals surface area contributed by atoms with Crippen molar-refractivity contribution in [1.29, 1.82) is 0 Å². The summed E-state index contributed by atoms with van der Waals surface area (Å²) in [4.78, 5) is 16.5. The molecule has 0 aliphatic carbocycles. The molecule has 1 unspecified atom stereocenters. The number of carbonyl (C=O) groups is 1. The van der Waals surface area contributed by atoms with Crippen LogP contribution in [0.4, 0.5) is 0 Å². The summed E-state index contributed by atoms with van der Waals surface area (Å²) < 4.78 is 3.26. The zero-order chi connectivity index (χ0) is 12.8. The molecule has 0 saturated heterocycles. The molecule has 2 aromatic heterocycles. The predicted octanol–water partition coefficient (Wildman–Crippen LogP) is 3.71. The highest BCUT2D eigenvalue weighted by Gasteiger charge is 2.31. The number of hydrogen-bond donors (Lipinski definition) is 2. The first-order chi connectivity index (χ1) is 9.34. The summed E-state index contributed by atoms with van der Waals surface area (Å²) >= 11 is 2.87. The molecule has 2 N–H and O–H groups in total. The first-order valence-corrected chi connectivity index (χ1v) is 7.65. The maximum atomic E-state index is 12.0. The standard InChI is InChI=1S/C14H10N2OS2/c17-14-13-11(8-4-1-2-5-9(8)15-13)12(16-19-14)10-6-3-7-18-10/h1-7,12,15-16H. The largest absolute Gasteiger partial charge is 0.351 e. The molecule has 1 aliphatic rings. The van der Waals surface area contributed by atoms with Crippen molar-refractivity contribution in [2.45, 2.75) is 6.04 Å². The van der Waals surface area contributed by atoms with Crippen molar-refractivity contribution >= 4 is 39.3 Å². The number of rotatable bonds is 1. The van der Waals surface area contributed by atoms with E-state index < -0.39 is 0 Å². The van der Waals surface area contributed by atoms with E-state index in [0.717, 1.165) is 22.2 Å². The van der Waals surface area contributed by atoms with Crippen molar-refractivity contribution in [3.05, 3.63) is 57.9 Å².